The van der Waals surface area contributed by atoms with Crippen molar-refractivity contribution in [2.45, 2.75) is 19.4 Å². The molecule has 1 atom stereocenters. The molecule has 2 aromatic rings. The lowest BCUT2D eigenvalue weighted by atomic mass is 10.1. The molecule has 0 saturated carbocycles. The van der Waals surface area contributed by atoms with E-state index in [0.29, 0.717) is 12.2 Å². The summed E-state index contributed by atoms with van der Waals surface area (Å²) in [6, 6.07) is 4.41. The molecule has 108 valence electrons. The van der Waals surface area contributed by atoms with Crippen molar-refractivity contribution in [2.75, 3.05) is 11.4 Å². The third kappa shape index (κ3) is 2.26. The van der Waals surface area contributed by atoms with E-state index in [2.05, 4.69) is 10.1 Å². The fourth-order valence-electron chi connectivity index (χ4n) is 2.50. The van der Waals surface area contributed by atoms with Gasteiger partial charge in [-0.05, 0) is 31.0 Å². The summed E-state index contributed by atoms with van der Waals surface area (Å²) < 4.78 is 1.49. The van der Waals surface area contributed by atoms with Gasteiger partial charge in [0.1, 0.15) is 18.7 Å². The second-order valence-electron chi connectivity index (χ2n) is 4.94. The van der Waals surface area contributed by atoms with Gasteiger partial charge in [-0.3, -0.25) is 4.79 Å². The van der Waals surface area contributed by atoms with Crippen LogP contribution in [0.1, 0.15) is 28.9 Å². The van der Waals surface area contributed by atoms with Crippen LogP contribution in [0.5, 0.6) is 0 Å². The number of rotatable bonds is 3. The van der Waals surface area contributed by atoms with Crippen LogP contribution in [-0.2, 0) is 11.2 Å². The van der Waals surface area contributed by atoms with Gasteiger partial charge >= 0.3 is 5.97 Å². The molecule has 1 aromatic carbocycles. The average molecular weight is 286 g/mol. The van der Waals surface area contributed by atoms with E-state index in [1.54, 1.807) is 30.0 Å². The SMILES string of the molecule is CC(C(=O)N1CCc2ccc(C(=O)O)cc21)n1cncn1. The molecule has 1 aliphatic rings. The molecule has 0 fully saturated rings. The number of carbonyl (C=O) groups is 2. The first-order valence-electron chi connectivity index (χ1n) is 6.59. The van der Waals surface area contributed by atoms with E-state index < -0.39 is 12.0 Å². The number of aromatic nitrogens is 3. The number of carbonyl (C=O) groups excluding carboxylic acids is 1. The first-order chi connectivity index (χ1) is 10.1. The van der Waals surface area contributed by atoms with Gasteiger partial charge in [0.15, 0.2) is 0 Å². The Morgan fingerprint density at radius 1 is 1.38 bits per heavy atom. The highest BCUT2D eigenvalue weighted by Crippen LogP contribution is 2.30. The molecule has 3 rings (SSSR count). The molecule has 7 heteroatoms. The van der Waals surface area contributed by atoms with Crippen molar-refractivity contribution in [1.82, 2.24) is 14.8 Å². The molecule has 0 aliphatic carbocycles. The van der Waals surface area contributed by atoms with Gasteiger partial charge < -0.3 is 10.0 Å². The number of carboxylic acids is 1. The summed E-state index contributed by atoms with van der Waals surface area (Å²) in [5, 5.41) is 13.0. The van der Waals surface area contributed by atoms with E-state index >= 15 is 0 Å². The van der Waals surface area contributed by atoms with Gasteiger partial charge in [0.05, 0.1) is 5.56 Å². The van der Waals surface area contributed by atoms with Gasteiger partial charge in [-0.15, -0.1) is 0 Å². The molecule has 0 saturated heterocycles. The fourth-order valence-corrected chi connectivity index (χ4v) is 2.50. The van der Waals surface area contributed by atoms with Crippen molar-refractivity contribution in [3.8, 4) is 0 Å². The molecule has 7 nitrogen and oxygen atoms in total. The van der Waals surface area contributed by atoms with Crippen LogP contribution >= 0.6 is 0 Å². The fraction of sp³-hybridized carbons (Fsp3) is 0.286. The summed E-state index contributed by atoms with van der Waals surface area (Å²) in [7, 11) is 0. The zero-order valence-electron chi connectivity index (χ0n) is 11.4. The largest absolute Gasteiger partial charge is 0.478 e. The maximum Gasteiger partial charge on any atom is 0.335 e. The maximum atomic E-state index is 12.6. The minimum absolute atomic E-state index is 0.123. The van der Waals surface area contributed by atoms with Crippen LogP contribution in [0.15, 0.2) is 30.9 Å². The monoisotopic (exact) mass is 286 g/mol. The van der Waals surface area contributed by atoms with E-state index in [1.165, 1.54) is 17.3 Å². The van der Waals surface area contributed by atoms with Gasteiger partial charge in [-0.2, -0.15) is 5.10 Å². The van der Waals surface area contributed by atoms with E-state index in [4.69, 9.17) is 5.11 Å². The molecule has 1 N–H and O–H groups in total. The Morgan fingerprint density at radius 3 is 2.86 bits per heavy atom. The summed E-state index contributed by atoms with van der Waals surface area (Å²) >= 11 is 0. The number of aromatic carboxylic acids is 1. The van der Waals surface area contributed by atoms with Gasteiger partial charge in [0, 0.05) is 12.2 Å². The Balaban J connectivity index is 1.91. The second-order valence-corrected chi connectivity index (χ2v) is 4.94. The number of fused-ring (bicyclic) bond motifs is 1. The smallest absolute Gasteiger partial charge is 0.335 e. The van der Waals surface area contributed by atoms with Crippen LogP contribution in [-0.4, -0.2) is 38.3 Å². The van der Waals surface area contributed by atoms with Crippen LogP contribution in [0, 0.1) is 0 Å². The molecule has 1 aliphatic heterocycles. The predicted octanol–water partition coefficient (Wildman–Crippen LogP) is 1.13. The molecular weight excluding hydrogens is 272 g/mol. The topological polar surface area (TPSA) is 88.3 Å². The van der Waals surface area contributed by atoms with Crippen LogP contribution in [0.2, 0.25) is 0 Å². The van der Waals surface area contributed by atoms with Crippen molar-refractivity contribution < 1.29 is 14.7 Å². The summed E-state index contributed by atoms with van der Waals surface area (Å²) in [6.45, 7) is 2.30. The van der Waals surface area contributed by atoms with Crippen LogP contribution < -0.4 is 4.90 Å². The number of hydrogen-bond donors (Lipinski definition) is 1. The third-order valence-electron chi connectivity index (χ3n) is 3.68. The van der Waals surface area contributed by atoms with Crippen molar-refractivity contribution in [2.24, 2.45) is 0 Å². The van der Waals surface area contributed by atoms with Crippen LogP contribution in [0.4, 0.5) is 5.69 Å². The molecule has 0 bridgehead atoms. The number of benzene rings is 1. The first kappa shape index (κ1) is 13.3. The first-order valence-corrected chi connectivity index (χ1v) is 6.59. The van der Waals surface area contributed by atoms with Gasteiger partial charge in [0.2, 0.25) is 0 Å². The quantitative estimate of drug-likeness (QED) is 0.913. The Labute approximate surface area is 120 Å². The molecule has 21 heavy (non-hydrogen) atoms. The Hall–Kier alpha value is -2.70. The molecule has 0 radical (unpaired) electrons. The van der Waals surface area contributed by atoms with Crippen molar-refractivity contribution >= 4 is 17.6 Å². The zero-order chi connectivity index (χ0) is 15.0. The summed E-state index contributed by atoms with van der Waals surface area (Å²) in [6.07, 6.45) is 3.60. The highest BCUT2D eigenvalue weighted by atomic mass is 16.4. The average Bonchev–Trinajstić information content (AvgIpc) is 3.14. The minimum atomic E-state index is -0.999. The standard InChI is InChI=1S/C14H14N4O3/c1-9(18-8-15-7-16-18)13(19)17-5-4-10-2-3-11(14(20)21)6-12(10)17/h2-3,6-9H,4-5H2,1H3,(H,20,21). The number of hydrogen-bond acceptors (Lipinski definition) is 4. The van der Waals surface area contributed by atoms with Gasteiger partial charge in [-0.1, -0.05) is 6.07 Å². The molecule has 1 unspecified atom stereocenters. The van der Waals surface area contributed by atoms with Crippen molar-refractivity contribution in [1.29, 1.82) is 0 Å². The molecule has 1 aromatic heterocycles. The normalized spacial score (nSPS) is 14.8. The highest BCUT2D eigenvalue weighted by molar-refractivity contribution is 5.99. The second kappa shape index (κ2) is 5.01. The van der Waals surface area contributed by atoms with Crippen molar-refractivity contribution in [3.63, 3.8) is 0 Å². The van der Waals surface area contributed by atoms with Gasteiger partial charge in [-0.25, -0.2) is 14.5 Å². The number of anilines is 1. The minimum Gasteiger partial charge on any atom is -0.478 e. The maximum absolute atomic E-state index is 12.6. The third-order valence-corrected chi connectivity index (χ3v) is 3.68. The number of nitrogens with zero attached hydrogens (tertiary/aromatic N) is 4. The van der Waals surface area contributed by atoms with E-state index in [-0.39, 0.29) is 11.5 Å². The lowest BCUT2D eigenvalue weighted by Crippen LogP contribution is -2.35. The summed E-state index contributed by atoms with van der Waals surface area (Å²) in [4.78, 5) is 29.1. The molecular formula is C14H14N4O3. The summed E-state index contributed by atoms with van der Waals surface area (Å²) in [5.41, 5.74) is 1.84. The van der Waals surface area contributed by atoms with Gasteiger partial charge in [0.25, 0.3) is 5.91 Å². The van der Waals surface area contributed by atoms with Crippen LogP contribution in [0.25, 0.3) is 0 Å². The Kier molecular flexibility index (Phi) is 3.17. The number of carboxylic acid groups (broad SMARTS) is 1. The van der Waals surface area contributed by atoms with E-state index in [0.717, 1.165) is 12.0 Å². The van der Waals surface area contributed by atoms with E-state index in [9.17, 15) is 9.59 Å². The Bertz CT molecular complexity index is 696. The highest BCUT2D eigenvalue weighted by Gasteiger charge is 2.29. The van der Waals surface area contributed by atoms with Crippen molar-refractivity contribution in [3.05, 3.63) is 42.0 Å². The van der Waals surface area contributed by atoms with E-state index in [1.807, 2.05) is 0 Å². The molecule has 2 heterocycles. The molecule has 0 spiro atoms. The lowest BCUT2D eigenvalue weighted by Gasteiger charge is -2.21. The van der Waals surface area contributed by atoms with Crippen LogP contribution in [0.3, 0.4) is 0 Å². The number of amides is 1. The zero-order valence-corrected chi connectivity index (χ0v) is 11.4. The summed E-state index contributed by atoms with van der Waals surface area (Å²) in [5.74, 6) is -1.12. The Morgan fingerprint density at radius 2 is 2.19 bits per heavy atom. The predicted molar refractivity (Wildman–Crippen MR) is 74.2 cm³/mol. The molecule has 1 amide bonds. The lowest BCUT2D eigenvalue weighted by molar-refractivity contribution is -0.121.